The predicted octanol–water partition coefficient (Wildman–Crippen LogP) is 2.06. The lowest BCUT2D eigenvalue weighted by Gasteiger charge is -2.17. The van der Waals surface area contributed by atoms with E-state index in [4.69, 9.17) is 11.6 Å². The Bertz CT molecular complexity index is 684. The van der Waals surface area contributed by atoms with E-state index in [0.717, 1.165) is 11.3 Å². The molecule has 2 aromatic rings. The lowest BCUT2D eigenvalue weighted by Crippen LogP contribution is -2.16. The highest BCUT2D eigenvalue weighted by Gasteiger charge is 2.19. The number of hydrogen-bond donors (Lipinski definition) is 1. The Labute approximate surface area is 120 Å². The SMILES string of the molecule is CN(C)c1ccncc1NS(=O)(=O)c1cnc(Cl)s1. The second-order valence-electron chi connectivity index (χ2n) is 3.83. The molecule has 0 radical (unpaired) electrons. The molecule has 0 saturated carbocycles. The van der Waals surface area contributed by atoms with Crippen LogP contribution in [0.4, 0.5) is 11.4 Å². The summed E-state index contributed by atoms with van der Waals surface area (Å²) in [5.41, 5.74) is 1.12. The first-order valence-corrected chi connectivity index (χ1v) is 7.83. The zero-order chi connectivity index (χ0) is 14.0. The van der Waals surface area contributed by atoms with E-state index in [1.54, 1.807) is 17.2 Å². The number of rotatable bonds is 4. The van der Waals surface area contributed by atoms with Gasteiger partial charge in [-0.05, 0) is 6.07 Å². The minimum absolute atomic E-state index is 0.0612. The summed E-state index contributed by atoms with van der Waals surface area (Å²) < 4.78 is 27.0. The van der Waals surface area contributed by atoms with Gasteiger partial charge >= 0.3 is 0 Å². The van der Waals surface area contributed by atoms with E-state index in [2.05, 4.69) is 14.7 Å². The van der Waals surface area contributed by atoms with E-state index in [1.807, 2.05) is 14.1 Å². The molecule has 0 aliphatic carbocycles. The summed E-state index contributed by atoms with van der Waals surface area (Å²) in [4.78, 5) is 9.43. The number of nitrogens with one attached hydrogen (secondary N) is 1. The summed E-state index contributed by atoms with van der Waals surface area (Å²) in [5, 5.41) is 0. The first-order valence-electron chi connectivity index (χ1n) is 5.15. The molecule has 6 nitrogen and oxygen atoms in total. The van der Waals surface area contributed by atoms with Crippen LogP contribution in [0.5, 0.6) is 0 Å². The van der Waals surface area contributed by atoms with Crippen molar-refractivity contribution in [3.8, 4) is 0 Å². The molecule has 2 rings (SSSR count). The molecule has 0 spiro atoms. The van der Waals surface area contributed by atoms with Gasteiger partial charge < -0.3 is 4.90 Å². The lowest BCUT2D eigenvalue weighted by molar-refractivity contribution is 0.603. The standard InChI is InChI=1S/C10H11ClN4O2S2/c1-15(2)8-3-4-12-5-7(8)14-19(16,17)9-6-13-10(11)18-9/h3-6,14H,1-2H3. The summed E-state index contributed by atoms with van der Waals surface area (Å²) in [6, 6.07) is 1.72. The predicted molar refractivity (Wildman–Crippen MR) is 76.5 cm³/mol. The van der Waals surface area contributed by atoms with Crippen LogP contribution < -0.4 is 9.62 Å². The van der Waals surface area contributed by atoms with E-state index in [0.29, 0.717) is 11.4 Å². The maximum Gasteiger partial charge on any atom is 0.273 e. The average Bonchev–Trinajstić information content (AvgIpc) is 2.76. The number of aromatic nitrogens is 2. The van der Waals surface area contributed by atoms with E-state index in [9.17, 15) is 8.42 Å². The van der Waals surface area contributed by atoms with Crippen LogP contribution in [0.15, 0.2) is 28.9 Å². The van der Waals surface area contributed by atoms with Crippen LogP contribution in [0.2, 0.25) is 4.47 Å². The zero-order valence-electron chi connectivity index (χ0n) is 10.2. The topological polar surface area (TPSA) is 75.2 Å². The number of halogens is 1. The van der Waals surface area contributed by atoms with Gasteiger partial charge in [0.25, 0.3) is 10.0 Å². The van der Waals surface area contributed by atoms with Crippen molar-refractivity contribution in [3.63, 3.8) is 0 Å². The van der Waals surface area contributed by atoms with Crippen molar-refractivity contribution in [2.45, 2.75) is 4.21 Å². The molecule has 0 fully saturated rings. The first kappa shape index (κ1) is 14.0. The summed E-state index contributed by atoms with van der Waals surface area (Å²) in [6.07, 6.45) is 4.27. The molecule has 1 N–H and O–H groups in total. The van der Waals surface area contributed by atoms with Crippen LogP contribution in [0.3, 0.4) is 0 Å². The molecule has 2 heterocycles. The van der Waals surface area contributed by atoms with Gasteiger partial charge in [0.05, 0.1) is 23.8 Å². The fourth-order valence-electron chi connectivity index (χ4n) is 1.41. The molecular formula is C10H11ClN4O2S2. The Hall–Kier alpha value is -1.38. The van der Waals surface area contributed by atoms with E-state index >= 15 is 0 Å². The molecule has 102 valence electrons. The first-order chi connectivity index (χ1) is 8.90. The van der Waals surface area contributed by atoms with Crippen molar-refractivity contribution in [3.05, 3.63) is 29.1 Å². The summed E-state index contributed by atoms with van der Waals surface area (Å²) in [7, 11) is -0.0613. The third-order valence-corrected chi connectivity index (χ3v) is 5.19. The number of pyridine rings is 1. The van der Waals surface area contributed by atoms with Crippen molar-refractivity contribution < 1.29 is 8.42 Å². The lowest BCUT2D eigenvalue weighted by atomic mass is 10.3. The van der Waals surface area contributed by atoms with E-state index < -0.39 is 10.0 Å². The molecule has 9 heteroatoms. The smallest absolute Gasteiger partial charge is 0.273 e. The Balaban J connectivity index is 2.36. The normalized spacial score (nSPS) is 11.3. The fourth-order valence-corrected chi connectivity index (χ4v) is 3.77. The highest BCUT2D eigenvalue weighted by molar-refractivity contribution is 7.94. The van der Waals surface area contributed by atoms with Gasteiger partial charge in [-0.15, -0.1) is 0 Å². The highest BCUT2D eigenvalue weighted by atomic mass is 35.5. The monoisotopic (exact) mass is 318 g/mol. The summed E-state index contributed by atoms with van der Waals surface area (Å²) >= 11 is 6.54. The molecule has 0 amide bonds. The zero-order valence-corrected chi connectivity index (χ0v) is 12.6. The Morgan fingerprint density at radius 2 is 2.11 bits per heavy atom. The van der Waals surface area contributed by atoms with Gasteiger partial charge in [0, 0.05) is 20.3 Å². The third kappa shape index (κ3) is 3.14. The number of anilines is 2. The van der Waals surface area contributed by atoms with Crippen LogP contribution in [0, 0.1) is 0 Å². The molecule has 0 bridgehead atoms. The van der Waals surface area contributed by atoms with Crippen molar-refractivity contribution in [2.75, 3.05) is 23.7 Å². The van der Waals surface area contributed by atoms with Crippen molar-refractivity contribution in [2.24, 2.45) is 0 Å². The molecule has 0 aliphatic rings. The maximum atomic E-state index is 12.1. The van der Waals surface area contributed by atoms with Gasteiger partial charge in [-0.25, -0.2) is 13.4 Å². The van der Waals surface area contributed by atoms with Crippen LogP contribution in [0.1, 0.15) is 0 Å². The molecular weight excluding hydrogens is 308 g/mol. The Morgan fingerprint density at radius 1 is 1.37 bits per heavy atom. The van der Waals surface area contributed by atoms with Gasteiger partial charge in [-0.2, -0.15) is 0 Å². The largest absolute Gasteiger partial charge is 0.376 e. The Kier molecular flexibility index (Phi) is 3.93. The summed E-state index contributed by atoms with van der Waals surface area (Å²) in [6.45, 7) is 0. The molecule has 0 aromatic carbocycles. The fraction of sp³-hybridized carbons (Fsp3) is 0.200. The second-order valence-corrected chi connectivity index (χ2v) is 7.35. The number of nitrogens with zero attached hydrogens (tertiary/aromatic N) is 3. The molecule has 2 aromatic heterocycles. The van der Waals surface area contributed by atoms with Crippen LogP contribution >= 0.6 is 22.9 Å². The number of hydrogen-bond acceptors (Lipinski definition) is 6. The maximum absolute atomic E-state index is 12.1. The van der Waals surface area contributed by atoms with Gasteiger partial charge in [0.1, 0.15) is 0 Å². The average molecular weight is 319 g/mol. The van der Waals surface area contributed by atoms with Crippen molar-refractivity contribution in [1.82, 2.24) is 9.97 Å². The Morgan fingerprint density at radius 3 is 2.68 bits per heavy atom. The molecule has 0 aliphatic heterocycles. The van der Waals surface area contributed by atoms with Crippen molar-refractivity contribution >= 4 is 44.3 Å². The quantitative estimate of drug-likeness (QED) is 0.934. The van der Waals surface area contributed by atoms with Crippen LogP contribution in [0.25, 0.3) is 0 Å². The van der Waals surface area contributed by atoms with Crippen LogP contribution in [-0.2, 0) is 10.0 Å². The molecule has 0 atom stereocenters. The molecule has 0 unspecified atom stereocenters. The number of thiazole rings is 1. The highest BCUT2D eigenvalue weighted by Crippen LogP contribution is 2.28. The van der Waals surface area contributed by atoms with Gasteiger partial charge in [0.15, 0.2) is 8.68 Å². The molecule has 0 saturated heterocycles. The third-order valence-electron chi connectivity index (χ3n) is 2.25. The van der Waals surface area contributed by atoms with Crippen LogP contribution in [-0.4, -0.2) is 32.5 Å². The minimum Gasteiger partial charge on any atom is -0.376 e. The van der Waals surface area contributed by atoms with Crippen molar-refractivity contribution in [1.29, 1.82) is 0 Å². The minimum atomic E-state index is -3.69. The number of sulfonamides is 1. The summed E-state index contributed by atoms with van der Waals surface area (Å²) in [5.74, 6) is 0. The van der Waals surface area contributed by atoms with Gasteiger partial charge in [-0.1, -0.05) is 22.9 Å². The van der Waals surface area contributed by atoms with Gasteiger partial charge in [0.2, 0.25) is 0 Å². The van der Waals surface area contributed by atoms with E-state index in [-0.39, 0.29) is 8.68 Å². The molecule has 19 heavy (non-hydrogen) atoms. The van der Waals surface area contributed by atoms with Gasteiger partial charge in [-0.3, -0.25) is 9.71 Å². The second kappa shape index (κ2) is 5.32. The van der Waals surface area contributed by atoms with E-state index in [1.165, 1.54) is 12.4 Å².